The Kier molecular flexibility index (Phi) is 6.99. The third kappa shape index (κ3) is 5.90. The minimum atomic E-state index is -0.796. The molecule has 20 heavy (non-hydrogen) atoms. The van der Waals surface area contributed by atoms with Gasteiger partial charge in [0.25, 0.3) is 0 Å². The van der Waals surface area contributed by atoms with E-state index in [-0.39, 0.29) is 24.4 Å². The van der Waals surface area contributed by atoms with E-state index in [1.165, 1.54) is 0 Å². The van der Waals surface area contributed by atoms with Crippen LogP contribution >= 0.6 is 0 Å². The number of amides is 1. The first-order valence-corrected chi connectivity index (χ1v) is 7.66. The molecule has 0 aliphatic carbocycles. The summed E-state index contributed by atoms with van der Waals surface area (Å²) < 4.78 is 0. The first-order valence-electron chi connectivity index (χ1n) is 7.66. The van der Waals surface area contributed by atoms with Crippen LogP contribution in [0.5, 0.6) is 0 Å². The average Bonchev–Trinajstić information content (AvgIpc) is 2.35. The molecule has 1 aliphatic rings. The number of hydrogen-bond acceptors (Lipinski definition) is 3. The first-order chi connectivity index (χ1) is 9.42. The van der Waals surface area contributed by atoms with Crippen LogP contribution < -0.4 is 5.32 Å². The van der Waals surface area contributed by atoms with Gasteiger partial charge in [0.1, 0.15) is 0 Å². The number of unbranched alkanes of at least 4 members (excludes halogenated alkanes) is 1. The molecule has 1 amide bonds. The average molecular weight is 284 g/mol. The SMILES string of the molecule is CCCCC1CC(NC(=O)C(C)C)CN(CC(=O)O)C1. The number of carbonyl (C=O) groups is 2. The van der Waals surface area contributed by atoms with E-state index in [9.17, 15) is 9.59 Å². The zero-order valence-corrected chi connectivity index (χ0v) is 12.9. The zero-order chi connectivity index (χ0) is 15.1. The van der Waals surface area contributed by atoms with Crippen LogP contribution in [-0.4, -0.2) is 47.6 Å². The number of rotatable bonds is 7. The van der Waals surface area contributed by atoms with Crippen LogP contribution in [0.15, 0.2) is 0 Å². The minimum Gasteiger partial charge on any atom is -0.480 e. The summed E-state index contributed by atoms with van der Waals surface area (Å²) in [6.07, 6.45) is 4.39. The molecule has 1 fully saturated rings. The van der Waals surface area contributed by atoms with E-state index >= 15 is 0 Å². The molecule has 0 aromatic rings. The van der Waals surface area contributed by atoms with Gasteiger partial charge in [-0.05, 0) is 18.8 Å². The predicted octanol–water partition coefficient (Wildman–Crippen LogP) is 1.72. The molecule has 1 saturated heterocycles. The second kappa shape index (κ2) is 8.25. The maximum absolute atomic E-state index is 11.8. The zero-order valence-electron chi connectivity index (χ0n) is 12.9. The fourth-order valence-electron chi connectivity index (χ4n) is 2.80. The number of nitrogens with zero attached hydrogens (tertiary/aromatic N) is 1. The molecule has 5 nitrogen and oxygen atoms in total. The largest absolute Gasteiger partial charge is 0.480 e. The third-order valence-corrected chi connectivity index (χ3v) is 3.81. The summed E-state index contributed by atoms with van der Waals surface area (Å²) in [5.41, 5.74) is 0. The number of piperidine rings is 1. The Morgan fingerprint density at radius 3 is 2.60 bits per heavy atom. The van der Waals surface area contributed by atoms with Gasteiger partial charge in [-0.25, -0.2) is 0 Å². The Morgan fingerprint density at radius 1 is 1.35 bits per heavy atom. The summed E-state index contributed by atoms with van der Waals surface area (Å²) in [6.45, 7) is 7.46. The topological polar surface area (TPSA) is 69.6 Å². The highest BCUT2D eigenvalue weighted by atomic mass is 16.4. The number of carbonyl (C=O) groups excluding carboxylic acids is 1. The molecule has 2 N–H and O–H groups in total. The van der Waals surface area contributed by atoms with Crippen molar-refractivity contribution in [1.29, 1.82) is 0 Å². The molecular formula is C15H28N2O3. The van der Waals surface area contributed by atoms with Crippen LogP contribution in [0.1, 0.15) is 46.5 Å². The Labute approximate surface area is 121 Å². The quantitative estimate of drug-likeness (QED) is 0.747. The van der Waals surface area contributed by atoms with Gasteiger partial charge >= 0.3 is 5.97 Å². The van der Waals surface area contributed by atoms with Crippen LogP contribution in [0.25, 0.3) is 0 Å². The van der Waals surface area contributed by atoms with Crippen LogP contribution in [0, 0.1) is 11.8 Å². The number of carboxylic acid groups (broad SMARTS) is 1. The van der Waals surface area contributed by atoms with Crippen LogP contribution in [0.2, 0.25) is 0 Å². The molecule has 0 aromatic heterocycles. The Balaban J connectivity index is 2.58. The smallest absolute Gasteiger partial charge is 0.317 e. The van der Waals surface area contributed by atoms with Crippen molar-refractivity contribution < 1.29 is 14.7 Å². The summed E-state index contributed by atoms with van der Waals surface area (Å²) in [5, 5.41) is 12.0. The molecule has 2 atom stereocenters. The van der Waals surface area contributed by atoms with Crippen molar-refractivity contribution in [3.63, 3.8) is 0 Å². The summed E-state index contributed by atoms with van der Waals surface area (Å²) in [6, 6.07) is 0.0832. The molecule has 1 rings (SSSR count). The fourth-order valence-corrected chi connectivity index (χ4v) is 2.80. The van der Waals surface area contributed by atoms with Crippen molar-refractivity contribution in [1.82, 2.24) is 10.2 Å². The van der Waals surface area contributed by atoms with Gasteiger partial charge in [0.05, 0.1) is 6.54 Å². The normalized spacial score (nSPS) is 23.8. The van der Waals surface area contributed by atoms with Crippen molar-refractivity contribution in [2.24, 2.45) is 11.8 Å². The Bertz CT molecular complexity index is 331. The van der Waals surface area contributed by atoms with Gasteiger partial charge in [0.2, 0.25) is 5.91 Å². The summed E-state index contributed by atoms with van der Waals surface area (Å²) in [4.78, 5) is 24.7. The molecular weight excluding hydrogens is 256 g/mol. The number of carboxylic acids is 1. The second-order valence-electron chi connectivity index (χ2n) is 6.19. The fraction of sp³-hybridized carbons (Fsp3) is 0.867. The van der Waals surface area contributed by atoms with Gasteiger partial charge in [0.15, 0.2) is 0 Å². The van der Waals surface area contributed by atoms with Gasteiger partial charge in [-0.3, -0.25) is 14.5 Å². The van der Waals surface area contributed by atoms with Crippen LogP contribution in [-0.2, 0) is 9.59 Å². The lowest BCUT2D eigenvalue weighted by molar-refractivity contribution is -0.138. The molecule has 0 spiro atoms. The lowest BCUT2D eigenvalue weighted by Crippen LogP contribution is -2.52. The lowest BCUT2D eigenvalue weighted by atomic mass is 9.89. The van der Waals surface area contributed by atoms with Gasteiger partial charge in [-0.2, -0.15) is 0 Å². The Hall–Kier alpha value is -1.10. The van der Waals surface area contributed by atoms with Gasteiger partial charge in [0, 0.05) is 25.0 Å². The van der Waals surface area contributed by atoms with E-state index < -0.39 is 5.97 Å². The molecule has 0 bridgehead atoms. The van der Waals surface area contributed by atoms with Gasteiger partial charge in [-0.1, -0.05) is 33.6 Å². The van der Waals surface area contributed by atoms with E-state index in [1.54, 1.807) is 0 Å². The molecule has 116 valence electrons. The maximum atomic E-state index is 11.8. The van der Waals surface area contributed by atoms with E-state index in [0.29, 0.717) is 12.5 Å². The molecule has 0 saturated carbocycles. The highest BCUT2D eigenvalue weighted by molar-refractivity contribution is 5.78. The molecule has 1 aliphatic heterocycles. The summed E-state index contributed by atoms with van der Waals surface area (Å²) >= 11 is 0. The van der Waals surface area contributed by atoms with Gasteiger partial charge < -0.3 is 10.4 Å². The maximum Gasteiger partial charge on any atom is 0.317 e. The highest BCUT2D eigenvalue weighted by Gasteiger charge is 2.29. The van der Waals surface area contributed by atoms with Crippen LogP contribution in [0.3, 0.4) is 0 Å². The van der Waals surface area contributed by atoms with Crippen LogP contribution in [0.4, 0.5) is 0 Å². The highest BCUT2D eigenvalue weighted by Crippen LogP contribution is 2.22. The van der Waals surface area contributed by atoms with Crippen molar-refractivity contribution in [3.05, 3.63) is 0 Å². The third-order valence-electron chi connectivity index (χ3n) is 3.81. The van der Waals surface area contributed by atoms with Crippen molar-refractivity contribution in [2.75, 3.05) is 19.6 Å². The van der Waals surface area contributed by atoms with E-state index in [4.69, 9.17) is 5.11 Å². The number of hydrogen-bond donors (Lipinski definition) is 2. The Morgan fingerprint density at radius 2 is 2.05 bits per heavy atom. The van der Waals surface area contributed by atoms with Gasteiger partial charge in [-0.15, -0.1) is 0 Å². The second-order valence-corrected chi connectivity index (χ2v) is 6.19. The molecule has 0 radical (unpaired) electrons. The number of likely N-dealkylation sites (tertiary alicyclic amines) is 1. The number of aliphatic carboxylic acids is 1. The number of nitrogens with one attached hydrogen (secondary N) is 1. The van der Waals surface area contributed by atoms with Crippen molar-refractivity contribution in [2.45, 2.75) is 52.5 Å². The monoisotopic (exact) mass is 284 g/mol. The first kappa shape index (κ1) is 17.0. The van der Waals surface area contributed by atoms with Crippen molar-refractivity contribution in [3.8, 4) is 0 Å². The molecule has 2 unspecified atom stereocenters. The predicted molar refractivity (Wildman–Crippen MR) is 78.5 cm³/mol. The molecule has 5 heteroatoms. The molecule has 0 aromatic carbocycles. The standard InChI is InChI=1S/C15H28N2O3/c1-4-5-6-12-7-13(16-15(20)11(2)3)9-17(8-12)10-14(18)19/h11-13H,4-10H2,1-3H3,(H,16,20)(H,18,19). The van der Waals surface area contributed by atoms with E-state index in [0.717, 1.165) is 32.2 Å². The summed E-state index contributed by atoms with van der Waals surface area (Å²) in [5.74, 6) is -0.282. The summed E-state index contributed by atoms with van der Waals surface area (Å²) in [7, 11) is 0. The van der Waals surface area contributed by atoms with E-state index in [2.05, 4.69) is 12.2 Å². The molecule has 1 heterocycles. The lowest BCUT2D eigenvalue weighted by Gasteiger charge is -2.37. The minimum absolute atomic E-state index is 0.0288. The van der Waals surface area contributed by atoms with Crippen molar-refractivity contribution >= 4 is 11.9 Å². The van der Waals surface area contributed by atoms with E-state index in [1.807, 2.05) is 18.7 Å².